The highest BCUT2D eigenvalue weighted by molar-refractivity contribution is 5.89. The van der Waals surface area contributed by atoms with E-state index in [1.807, 2.05) is 36.5 Å². The van der Waals surface area contributed by atoms with Gasteiger partial charge in [0.25, 0.3) is 0 Å². The first-order valence-corrected chi connectivity index (χ1v) is 8.69. The second-order valence-electron chi connectivity index (χ2n) is 6.65. The number of rotatable bonds is 5. The minimum Gasteiger partial charge on any atom is -0.361 e. The van der Waals surface area contributed by atoms with Crippen LogP contribution in [0, 0.1) is 5.92 Å². The van der Waals surface area contributed by atoms with Crippen molar-refractivity contribution in [3.05, 3.63) is 66.1 Å². The second kappa shape index (κ2) is 7.00. The van der Waals surface area contributed by atoms with Crippen LogP contribution in [0.2, 0.25) is 0 Å². The molecule has 0 saturated carbocycles. The molecular formula is C20H20N4O2. The van der Waals surface area contributed by atoms with Crippen molar-refractivity contribution < 1.29 is 9.59 Å². The van der Waals surface area contributed by atoms with Gasteiger partial charge >= 0.3 is 0 Å². The van der Waals surface area contributed by atoms with Crippen LogP contribution in [-0.2, 0) is 22.7 Å². The highest BCUT2D eigenvalue weighted by Gasteiger charge is 2.34. The number of hydrogen-bond donors (Lipinski definition) is 2. The summed E-state index contributed by atoms with van der Waals surface area (Å²) >= 11 is 0. The molecule has 26 heavy (non-hydrogen) atoms. The maximum atomic E-state index is 12.5. The molecular weight excluding hydrogens is 328 g/mol. The normalized spacial score (nSPS) is 17.0. The van der Waals surface area contributed by atoms with E-state index >= 15 is 0 Å². The van der Waals surface area contributed by atoms with Crippen LogP contribution < -0.4 is 5.32 Å². The number of aromatic amines is 1. The van der Waals surface area contributed by atoms with E-state index in [1.54, 1.807) is 17.3 Å². The fraction of sp³-hybridized carbons (Fsp3) is 0.250. The zero-order valence-corrected chi connectivity index (χ0v) is 14.3. The third kappa shape index (κ3) is 3.44. The molecule has 1 saturated heterocycles. The fourth-order valence-corrected chi connectivity index (χ4v) is 3.36. The van der Waals surface area contributed by atoms with Crippen molar-refractivity contribution >= 4 is 22.7 Å². The summed E-state index contributed by atoms with van der Waals surface area (Å²) in [5.41, 5.74) is 3.14. The number of hydrogen-bond acceptors (Lipinski definition) is 3. The minimum absolute atomic E-state index is 0.0238. The topological polar surface area (TPSA) is 78.1 Å². The predicted octanol–water partition coefficient (Wildman–Crippen LogP) is 2.23. The molecule has 6 nitrogen and oxygen atoms in total. The van der Waals surface area contributed by atoms with Gasteiger partial charge < -0.3 is 15.2 Å². The van der Waals surface area contributed by atoms with Crippen LogP contribution >= 0.6 is 0 Å². The monoisotopic (exact) mass is 348 g/mol. The maximum Gasteiger partial charge on any atom is 0.225 e. The van der Waals surface area contributed by atoms with Gasteiger partial charge in [-0.1, -0.05) is 6.07 Å². The van der Waals surface area contributed by atoms with E-state index in [1.165, 1.54) is 0 Å². The Balaban J connectivity index is 1.34. The lowest BCUT2D eigenvalue weighted by Crippen LogP contribution is -2.32. The van der Waals surface area contributed by atoms with Crippen LogP contribution in [0.1, 0.15) is 17.5 Å². The first-order chi connectivity index (χ1) is 12.7. The number of carbonyl (C=O) groups is 2. The average Bonchev–Trinajstić information content (AvgIpc) is 3.27. The standard InChI is InChI=1S/C20H20N4O2/c25-19-10-17(13-24(19)12-14-3-6-21-7-4-14)20(26)23-11-15-1-2-18-16(9-15)5-8-22-18/h1-9,17,22H,10-13H2,(H,23,26)/t17-/m1/s1. The Kier molecular flexibility index (Phi) is 4.39. The smallest absolute Gasteiger partial charge is 0.225 e. The Morgan fingerprint density at radius 2 is 2.04 bits per heavy atom. The molecule has 1 aromatic carbocycles. The number of H-pyrrole nitrogens is 1. The number of amides is 2. The highest BCUT2D eigenvalue weighted by Crippen LogP contribution is 2.20. The first kappa shape index (κ1) is 16.3. The number of carbonyl (C=O) groups excluding carboxylic acids is 2. The quantitative estimate of drug-likeness (QED) is 0.742. The van der Waals surface area contributed by atoms with Crippen LogP contribution in [0.15, 0.2) is 55.0 Å². The largest absolute Gasteiger partial charge is 0.361 e. The van der Waals surface area contributed by atoms with Crippen molar-refractivity contribution in [1.82, 2.24) is 20.2 Å². The molecule has 6 heteroatoms. The van der Waals surface area contributed by atoms with Crippen LogP contribution in [0.25, 0.3) is 10.9 Å². The Morgan fingerprint density at radius 3 is 2.88 bits per heavy atom. The van der Waals surface area contributed by atoms with Crippen molar-refractivity contribution in [3.63, 3.8) is 0 Å². The number of nitrogens with one attached hydrogen (secondary N) is 2. The number of nitrogens with zero attached hydrogens (tertiary/aromatic N) is 2. The zero-order valence-electron chi connectivity index (χ0n) is 14.3. The van der Waals surface area contributed by atoms with E-state index in [0.29, 0.717) is 19.6 Å². The zero-order chi connectivity index (χ0) is 17.9. The molecule has 2 amide bonds. The van der Waals surface area contributed by atoms with Crippen LogP contribution in [0.3, 0.4) is 0 Å². The first-order valence-electron chi connectivity index (χ1n) is 8.69. The number of pyridine rings is 1. The van der Waals surface area contributed by atoms with Crippen LogP contribution in [0.5, 0.6) is 0 Å². The number of fused-ring (bicyclic) bond motifs is 1. The van der Waals surface area contributed by atoms with E-state index in [0.717, 1.165) is 22.0 Å². The summed E-state index contributed by atoms with van der Waals surface area (Å²) in [6, 6.07) is 11.8. The lowest BCUT2D eigenvalue weighted by Gasteiger charge is -2.16. The third-order valence-electron chi connectivity index (χ3n) is 4.79. The lowest BCUT2D eigenvalue weighted by molar-refractivity contribution is -0.129. The summed E-state index contributed by atoms with van der Waals surface area (Å²) in [7, 11) is 0. The van der Waals surface area contributed by atoms with E-state index in [-0.39, 0.29) is 24.2 Å². The molecule has 1 fully saturated rings. The molecule has 1 atom stereocenters. The number of benzene rings is 1. The van der Waals surface area contributed by atoms with Gasteiger partial charge in [0.2, 0.25) is 11.8 Å². The molecule has 2 aromatic heterocycles. The van der Waals surface area contributed by atoms with Crippen molar-refractivity contribution in [2.75, 3.05) is 6.54 Å². The van der Waals surface area contributed by atoms with Crippen molar-refractivity contribution in [1.29, 1.82) is 0 Å². The maximum absolute atomic E-state index is 12.5. The average molecular weight is 348 g/mol. The van der Waals surface area contributed by atoms with Gasteiger partial charge in [-0.05, 0) is 46.8 Å². The van der Waals surface area contributed by atoms with Gasteiger partial charge in [0.1, 0.15) is 0 Å². The molecule has 3 aromatic rings. The van der Waals surface area contributed by atoms with Crippen LogP contribution in [0.4, 0.5) is 0 Å². The lowest BCUT2D eigenvalue weighted by atomic mass is 10.1. The van der Waals surface area contributed by atoms with Gasteiger partial charge in [0.05, 0.1) is 5.92 Å². The molecule has 1 aliphatic rings. The highest BCUT2D eigenvalue weighted by atomic mass is 16.2. The number of aromatic nitrogens is 2. The van der Waals surface area contributed by atoms with Gasteiger partial charge in [0.15, 0.2) is 0 Å². The molecule has 1 aliphatic heterocycles. The SMILES string of the molecule is O=C(NCc1ccc2[nH]ccc2c1)[C@@H]1CC(=O)N(Cc2ccncc2)C1. The number of likely N-dealkylation sites (tertiary alicyclic amines) is 1. The molecule has 4 rings (SSSR count). The van der Waals surface area contributed by atoms with E-state index in [9.17, 15) is 9.59 Å². The summed E-state index contributed by atoms with van der Waals surface area (Å²) in [5.74, 6) is -0.333. The summed E-state index contributed by atoms with van der Waals surface area (Å²) in [4.78, 5) is 33.6. The van der Waals surface area contributed by atoms with E-state index in [4.69, 9.17) is 0 Å². The molecule has 0 unspecified atom stereocenters. The van der Waals surface area contributed by atoms with Gasteiger partial charge in [-0.15, -0.1) is 0 Å². The summed E-state index contributed by atoms with van der Waals surface area (Å²) in [5, 5.41) is 4.09. The Bertz CT molecular complexity index is 935. The van der Waals surface area contributed by atoms with Gasteiger partial charge in [-0.3, -0.25) is 14.6 Å². The Morgan fingerprint density at radius 1 is 1.19 bits per heavy atom. The van der Waals surface area contributed by atoms with Gasteiger partial charge in [-0.2, -0.15) is 0 Å². The van der Waals surface area contributed by atoms with Gasteiger partial charge in [0, 0.05) is 50.2 Å². The molecule has 3 heterocycles. The van der Waals surface area contributed by atoms with Crippen molar-refractivity contribution in [2.45, 2.75) is 19.5 Å². The predicted molar refractivity (Wildman–Crippen MR) is 97.9 cm³/mol. The fourth-order valence-electron chi connectivity index (χ4n) is 3.36. The molecule has 0 bridgehead atoms. The molecule has 0 aliphatic carbocycles. The minimum atomic E-state index is -0.291. The second-order valence-corrected chi connectivity index (χ2v) is 6.65. The van der Waals surface area contributed by atoms with Crippen LogP contribution in [-0.4, -0.2) is 33.2 Å². The van der Waals surface area contributed by atoms with Crippen molar-refractivity contribution in [2.24, 2.45) is 5.92 Å². The van der Waals surface area contributed by atoms with E-state index in [2.05, 4.69) is 21.4 Å². The molecule has 2 N–H and O–H groups in total. The Hall–Kier alpha value is -3.15. The molecule has 0 spiro atoms. The van der Waals surface area contributed by atoms with Crippen molar-refractivity contribution in [3.8, 4) is 0 Å². The molecule has 132 valence electrons. The van der Waals surface area contributed by atoms with E-state index < -0.39 is 0 Å². The van der Waals surface area contributed by atoms with Gasteiger partial charge in [-0.25, -0.2) is 0 Å². The molecule has 0 radical (unpaired) electrons. The summed E-state index contributed by atoms with van der Waals surface area (Å²) in [6.07, 6.45) is 5.59. The summed E-state index contributed by atoms with van der Waals surface area (Å²) < 4.78 is 0. The third-order valence-corrected chi connectivity index (χ3v) is 4.79. The Labute approximate surface area is 151 Å². The summed E-state index contributed by atoms with van der Waals surface area (Å²) in [6.45, 7) is 1.45.